The minimum atomic E-state index is -4.19. The van der Waals surface area contributed by atoms with E-state index >= 15 is 0 Å². The molecule has 0 spiro atoms. The van der Waals surface area contributed by atoms with Crippen molar-refractivity contribution in [2.45, 2.75) is 11.8 Å². The Morgan fingerprint density at radius 2 is 1.85 bits per heavy atom. The predicted molar refractivity (Wildman–Crippen MR) is 91.7 cm³/mol. The van der Waals surface area contributed by atoms with Gasteiger partial charge in [-0.2, -0.15) is 0 Å². The average Bonchev–Trinajstić information content (AvgIpc) is 2.59. The molecule has 2 aromatic carbocycles. The molecule has 0 aliphatic heterocycles. The lowest BCUT2D eigenvalue weighted by molar-refractivity contribution is -0.385. The van der Waals surface area contributed by atoms with Crippen molar-refractivity contribution in [2.75, 3.05) is 0 Å². The van der Waals surface area contributed by atoms with Crippen LogP contribution in [0.25, 0.3) is 6.08 Å². The van der Waals surface area contributed by atoms with Gasteiger partial charge >= 0.3 is 0 Å². The van der Waals surface area contributed by atoms with E-state index in [0.717, 1.165) is 12.1 Å². The third-order valence-electron chi connectivity index (χ3n) is 3.29. The number of benzene rings is 2. The molecule has 0 radical (unpaired) electrons. The molecular formula is C16H14FN3O5S. The number of amides is 1. The number of sulfonamides is 1. The highest BCUT2D eigenvalue weighted by molar-refractivity contribution is 7.89. The Hall–Kier alpha value is -3.11. The molecule has 0 saturated heterocycles. The van der Waals surface area contributed by atoms with Crippen LogP contribution in [0.2, 0.25) is 0 Å². The highest BCUT2D eigenvalue weighted by Crippen LogP contribution is 2.21. The number of nitrogens with zero attached hydrogens (tertiary/aromatic N) is 1. The van der Waals surface area contributed by atoms with Crippen LogP contribution in [0.5, 0.6) is 0 Å². The van der Waals surface area contributed by atoms with Crippen LogP contribution in [-0.4, -0.2) is 19.2 Å². The lowest BCUT2D eigenvalue weighted by Crippen LogP contribution is -2.40. The van der Waals surface area contributed by atoms with Crippen molar-refractivity contribution in [3.8, 4) is 0 Å². The van der Waals surface area contributed by atoms with Gasteiger partial charge in [0.05, 0.1) is 9.82 Å². The summed E-state index contributed by atoms with van der Waals surface area (Å²) in [5.41, 5.74) is 2.45. The predicted octanol–water partition coefficient (Wildman–Crippen LogP) is 2.07. The second kappa shape index (κ2) is 7.85. The Balaban J connectivity index is 2.05. The van der Waals surface area contributed by atoms with E-state index in [4.69, 9.17) is 0 Å². The van der Waals surface area contributed by atoms with Gasteiger partial charge in [0.1, 0.15) is 5.82 Å². The van der Waals surface area contributed by atoms with Crippen molar-refractivity contribution in [2.24, 2.45) is 0 Å². The first-order chi connectivity index (χ1) is 12.2. The minimum absolute atomic E-state index is 0.306. The number of carbonyl (C=O) groups excluding carboxylic acids is 1. The molecule has 0 unspecified atom stereocenters. The standard InChI is InChI=1S/C16H14FN3O5S/c1-11-2-8-14(10-15(11)20(22)23)26(24,25)19-18-16(21)9-5-12-3-6-13(17)7-4-12/h2-10,19H,1H3,(H,18,21)/b9-5+. The fourth-order valence-electron chi connectivity index (χ4n) is 1.92. The lowest BCUT2D eigenvalue weighted by Gasteiger charge is -2.07. The Morgan fingerprint density at radius 3 is 2.46 bits per heavy atom. The molecule has 2 rings (SSSR count). The average molecular weight is 379 g/mol. The fourth-order valence-corrected chi connectivity index (χ4v) is 2.78. The molecule has 0 aliphatic rings. The van der Waals surface area contributed by atoms with Gasteiger partial charge in [0, 0.05) is 17.7 Å². The third kappa shape index (κ3) is 4.94. The van der Waals surface area contributed by atoms with Crippen LogP contribution in [0.3, 0.4) is 0 Å². The maximum Gasteiger partial charge on any atom is 0.273 e. The number of nitro groups is 1. The van der Waals surface area contributed by atoms with Crippen LogP contribution in [0.1, 0.15) is 11.1 Å². The molecule has 0 fully saturated rings. The summed E-state index contributed by atoms with van der Waals surface area (Å²) in [6, 6.07) is 8.69. The summed E-state index contributed by atoms with van der Waals surface area (Å²) in [4.78, 5) is 23.4. The van der Waals surface area contributed by atoms with Crippen LogP contribution in [0, 0.1) is 22.9 Å². The van der Waals surface area contributed by atoms with Crippen molar-refractivity contribution >= 4 is 27.7 Å². The summed E-state index contributed by atoms with van der Waals surface area (Å²) < 4.78 is 37.0. The second-order valence-electron chi connectivity index (χ2n) is 5.19. The van der Waals surface area contributed by atoms with Gasteiger partial charge in [-0.25, -0.2) is 12.8 Å². The molecule has 1 amide bonds. The minimum Gasteiger partial charge on any atom is -0.274 e. The highest BCUT2D eigenvalue weighted by atomic mass is 32.2. The number of nitro benzene ring substituents is 1. The summed E-state index contributed by atoms with van der Waals surface area (Å²) in [5.74, 6) is -1.20. The zero-order chi connectivity index (χ0) is 19.3. The van der Waals surface area contributed by atoms with Gasteiger partial charge in [-0.3, -0.25) is 20.3 Å². The number of nitrogens with one attached hydrogen (secondary N) is 2. The molecule has 10 heteroatoms. The van der Waals surface area contributed by atoms with E-state index in [-0.39, 0.29) is 10.6 Å². The van der Waals surface area contributed by atoms with Crippen LogP contribution in [-0.2, 0) is 14.8 Å². The molecule has 0 saturated carbocycles. The first-order valence-electron chi connectivity index (χ1n) is 7.19. The Morgan fingerprint density at radius 1 is 1.19 bits per heavy atom. The van der Waals surface area contributed by atoms with Crippen LogP contribution in [0.15, 0.2) is 53.4 Å². The molecule has 26 heavy (non-hydrogen) atoms. The molecule has 136 valence electrons. The first kappa shape index (κ1) is 19.2. The second-order valence-corrected chi connectivity index (χ2v) is 6.87. The van der Waals surface area contributed by atoms with Crippen molar-refractivity contribution in [3.05, 3.63) is 75.6 Å². The summed E-state index contributed by atoms with van der Waals surface area (Å²) in [5, 5.41) is 10.9. The normalized spacial score (nSPS) is 11.5. The molecule has 2 aromatic rings. The van der Waals surface area contributed by atoms with Gasteiger partial charge in [0.15, 0.2) is 0 Å². The monoisotopic (exact) mass is 379 g/mol. The number of hydrazine groups is 1. The number of halogens is 1. The van der Waals surface area contributed by atoms with E-state index in [1.807, 2.05) is 10.3 Å². The Kier molecular flexibility index (Phi) is 5.80. The van der Waals surface area contributed by atoms with E-state index in [9.17, 15) is 27.7 Å². The zero-order valence-corrected chi connectivity index (χ0v) is 14.3. The fraction of sp³-hybridized carbons (Fsp3) is 0.0625. The van der Waals surface area contributed by atoms with Crippen molar-refractivity contribution in [3.63, 3.8) is 0 Å². The topological polar surface area (TPSA) is 118 Å². The van der Waals surface area contributed by atoms with E-state index in [0.29, 0.717) is 11.1 Å². The van der Waals surface area contributed by atoms with Crippen LogP contribution >= 0.6 is 0 Å². The lowest BCUT2D eigenvalue weighted by atomic mass is 10.2. The molecule has 0 heterocycles. The SMILES string of the molecule is Cc1ccc(S(=O)(=O)NNC(=O)/C=C/c2ccc(F)cc2)cc1[N+](=O)[O-]. The molecule has 8 nitrogen and oxygen atoms in total. The highest BCUT2D eigenvalue weighted by Gasteiger charge is 2.20. The van der Waals surface area contributed by atoms with Gasteiger partial charge in [0.2, 0.25) is 0 Å². The molecule has 2 N–H and O–H groups in total. The largest absolute Gasteiger partial charge is 0.274 e. The maximum absolute atomic E-state index is 12.8. The van der Waals surface area contributed by atoms with E-state index < -0.39 is 26.7 Å². The molecule has 0 atom stereocenters. The summed E-state index contributed by atoms with van der Waals surface area (Å²) in [6.07, 6.45) is 2.41. The number of carbonyl (C=O) groups is 1. The van der Waals surface area contributed by atoms with Gasteiger partial charge in [-0.15, -0.1) is 4.83 Å². The number of aryl methyl sites for hydroxylation is 1. The van der Waals surface area contributed by atoms with Crippen molar-refractivity contribution in [1.29, 1.82) is 0 Å². The molecule has 0 aliphatic carbocycles. The van der Waals surface area contributed by atoms with Gasteiger partial charge in [-0.05, 0) is 36.8 Å². The van der Waals surface area contributed by atoms with Crippen molar-refractivity contribution in [1.82, 2.24) is 10.3 Å². The summed E-state index contributed by atoms with van der Waals surface area (Å²) >= 11 is 0. The molecule has 0 bridgehead atoms. The van der Waals surface area contributed by atoms with Crippen LogP contribution < -0.4 is 10.3 Å². The Labute approximate surface area is 148 Å². The first-order valence-corrected chi connectivity index (χ1v) is 8.68. The van der Waals surface area contributed by atoms with E-state index in [2.05, 4.69) is 0 Å². The summed E-state index contributed by atoms with van der Waals surface area (Å²) in [6.45, 7) is 1.48. The quantitative estimate of drug-likeness (QED) is 0.452. The van der Waals surface area contributed by atoms with Crippen LogP contribution in [0.4, 0.5) is 10.1 Å². The number of hydrogen-bond donors (Lipinski definition) is 2. The third-order valence-corrected chi connectivity index (χ3v) is 4.54. The molecule has 0 aromatic heterocycles. The molecular weight excluding hydrogens is 365 g/mol. The smallest absolute Gasteiger partial charge is 0.273 e. The summed E-state index contributed by atoms with van der Waals surface area (Å²) in [7, 11) is -4.19. The number of rotatable bonds is 6. The number of hydrogen-bond acceptors (Lipinski definition) is 5. The maximum atomic E-state index is 12.8. The van der Waals surface area contributed by atoms with E-state index in [1.54, 1.807) is 0 Å². The van der Waals surface area contributed by atoms with Crippen molar-refractivity contribution < 1.29 is 22.5 Å². The Bertz CT molecular complexity index is 972. The van der Waals surface area contributed by atoms with Gasteiger partial charge in [0.25, 0.3) is 21.6 Å². The van der Waals surface area contributed by atoms with Gasteiger partial charge < -0.3 is 0 Å². The zero-order valence-electron chi connectivity index (χ0n) is 13.5. The van der Waals surface area contributed by atoms with Gasteiger partial charge in [-0.1, -0.05) is 18.2 Å². The van der Waals surface area contributed by atoms with E-state index in [1.165, 1.54) is 49.4 Å².